The number of thiophene rings is 1. The predicted octanol–water partition coefficient (Wildman–Crippen LogP) is 5.00. The fraction of sp³-hybridized carbons (Fsp3) is 0.231. The third-order valence-corrected chi connectivity index (χ3v) is 6.50. The van der Waals surface area contributed by atoms with Crippen LogP contribution in [-0.2, 0) is 11.3 Å². The second-order valence-electron chi connectivity index (χ2n) is 8.06. The molecule has 6 nitrogen and oxygen atoms in total. The third-order valence-electron chi connectivity index (χ3n) is 5.49. The number of hydrogen-bond acceptors (Lipinski definition) is 5. The van der Waals surface area contributed by atoms with Gasteiger partial charge >= 0.3 is 0 Å². The molecule has 7 heteroatoms. The fourth-order valence-corrected chi connectivity index (χ4v) is 5.10. The van der Waals surface area contributed by atoms with Crippen LogP contribution in [0.25, 0.3) is 21.3 Å². The monoisotopic (exact) mass is 456 g/mol. The number of aromatic nitrogens is 2. The number of aryl methyl sites for hydroxylation is 3. The summed E-state index contributed by atoms with van der Waals surface area (Å²) in [6.07, 6.45) is 1.64. The Morgan fingerprint density at radius 2 is 1.82 bits per heavy atom. The Bertz CT molecular complexity index is 1410. The molecule has 0 spiro atoms. The van der Waals surface area contributed by atoms with Crippen LogP contribution >= 0.6 is 11.3 Å². The fourth-order valence-electron chi connectivity index (χ4n) is 4.10. The minimum absolute atomic E-state index is 0.149. The van der Waals surface area contributed by atoms with Gasteiger partial charge in [0, 0.05) is 22.7 Å². The van der Waals surface area contributed by atoms with Crippen molar-refractivity contribution in [3.63, 3.8) is 0 Å². The van der Waals surface area contributed by atoms with Crippen molar-refractivity contribution in [2.24, 2.45) is 0 Å². The molecule has 1 amide bonds. The van der Waals surface area contributed by atoms with Gasteiger partial charge in [-0.05, 0) is 49.6 Å². The van der Waals surface area contributed by atoms with Gasteiger partial charge in [-0.15, -0.1) is 11.3 Å². The zero-order valence-corrected chi connectivity index (χ0v) is 19.6. The molecule has 2 aromatic carbocycles. The van der Waals surface area contributed by atoms with Gasteiger partial charge < -0.3 is 4.90 Å². The van der Waals surface area contributed by atoms with Crippen LogP contribution in [0.2, 0.25) is 0 Å². The Morgan fingerprint density at radius 3 is 2.48 bits per heavy atom. The Labute approximate surface area is 196 Å². The van der Waals surface area contributed by atoms with Crippen molar-refractivity contribution in [3.05, 3.63) is 81.2 Å². The van der Waals surface area contributed by atoms with E-state index in [1.807, 2.05) is 69.3 Å². The molecule has 166 valence electrons. The molecule has 0 unspecified atom stereocenters. The van der Waals surface area contributed by atoms with Gasteiger partial charge in [0.25, 0.3) is 5.56 Å². The molecule has 2 heterocycles. The van der Waals surface area contributed by atoms with Crippen molar-refractivity contribution >= 4 is 33.1 Å². The van der Waals surface area contributed by atoms with Crippen LogP contribution in [0.1, 0.15) is 22.4 Å². The molecule has 2 aromatic heterocycles. The van der Waals surface area contributed by atoms with Crippen LogP contribution in [0.4, 0.5) is 5.69 Å². The minimum atomic E-state index is -0.258. The number of rotatable bonds is 6. The van der Waals surface area contributed by atoms with E-state index in [2.05, 4.69) is 11.1 Å². The van der Waals surface area contributed by atoms with E-state index in [1.54, 1.807) is 4.90 Å². The summed E-state index contributed by atoms with van der Waals surface area (Å²) in [6.45, 7) is 6.03. The molecular formula is C26H24N4O2S. The van der Waals surface area contributed by atoms with Gasteiger partial charge in [0.05, 0.1) is 24.2 Å². The van der Waals surface area contributed by atoms with Crippen molar-refractivity contribution in [1.82, 2.24) is 9.55 Å². The van der Waals surface area contributed by atoms with E-state index in [0.29, 0.717) is 10.2 Å². The molecule has 0 saturated heterocycles. The second-order valence-corrected chi connectivity index (χ2v) is 9.26. The summed E-state index contributed by atoms with van der Waals surface area (Å²) in [5, 5.41) is 9.63. The number of benzene rings is 2. The molecule has 0 aliphatic rings. The summed E-state index contributed by atoms with van der Waals surface area (Å²) < 4.78 is 1.37. The lowest BCUT2D eigenvalue weighted by atomic mass is 10.0. The van der Waals surface area contributed by atoms with Crippen LogP contribution in [0, 0.1) is 32.1 Å². The molecule has 33 heavy (non-hydrogen) atoms. The number of hydrogen-bond donors (Lipinski definition) is 0. The molecule has 0 N–H and O–H groups in total. The van der Waals surface area contributed by atoms with E-state index >= 15 is 0 Å². The maximum absolute atomic E-state index is 13.5. The molecule has 4 aromatic rings. The van der Waals surface area contributed by atoms with Crippen molar-refractivity contribution in [1.29, 1.82) is 5.26 Å². The maximum atomic E-state index is 13.5. The SMILES string of the molecule is Cc1cc(C)cc(N(CCC#N)C(=O)Cn2cnc3sc(C)c(-c4ccccc4)c3c2=O)c1. The van der Waals surface area contributed by atoms with Crippen LogP contribution < -0.4 is 10.5 Å². The topological polar surface area (TPSA) is 79.0 Å². The number of nitrogens with zero attached hydrogens (tertiary/aromatic N) is 4. The Kier molecular flexibility index (Phi) is 6.38. The van der Waals surface area contributed by atoms with E-state index in [4.69, 9.17) is 5.26 Å². The van der Waals surface area contributed by atoms with Gasteiger partial charge in [0.2, 0.25) is 5.91 Å². The first kappa shape index (κ1) is 22.4. The van der Waals surface area contributed by atoms with E-state index in [-0.39, 0.29) is 31.0 Å². The molecule has 0 atom stereocenters. The molecular weight excluding hydrogens is 432 g/mol. The zero-order chi connectivity index (χ0) is 23.5. The summed E-state index contributed by atoms with van der Waals surface area (Å²) >= 11 is 1.48. The first-order valence-electron chi connectivity index (χ1n) is 10.7. The first-order valence-corrected chi connectivity index (χ1v) is 11.5. The van der Waals surface area contributed by atoms with Crippen molar-refractivity contribution in [2.45, 2.75) is 33.7 Å². The predicted molar refractivity (Wildman–Crippen MR) is 133 cm³/mol. The average Bonchev–Trinajstić information content (AvgIpc) is 3.12. The first-order chi connectivity index (χ1) is 15.9. The van der Waals surface area contributed by atoms with Crippen molar-refractivity contribution < 1.29 is 4.79 Å². The molecule has 0 aliphatic heterocycles. The van der Waals surface area contributed by atoms with Crippen molar-refractivity contribution in [3.8, 4) is 17.2 Å². The standard InChI is InChI=1S/C26H24N4O2S/c1-17-12-18(2)14-21(13-17)30(11-7-10-27)22(31)15-29-16-28-25-24(26(29)32)23(19(3)33-25)20-8-5-4-6-9-20/h4-6,8-9,12-14,16H,7,11,15H2,1-3H3. The quantitative estimate of drug-likeness (QED) is 0.409. The summed E-state index contributed by atoms with van der Waals surface area (Å²) in [5.41, 5.74) is 4.37. The van der Waals surface area contributed by atoms with Crippen molar-refractivity contribution in [2.75, 3.05) is 11.4 Å². The zero-order valence-electron chi connectivity index (χ0n) is 18.8. The number of anilines is 1. The Morgan fingerprint density at radius 1 is 1.12 bits per heavy atom. The van der Waals surface area contributed by atoms with E-state index in [1.165, 1.54) is 22.2 Å². The van der Waals surface area contributed by atoms with E-state index < -0.39 is 0 Å². The van der Waals surface area contributed by atoms with Gasteiger partial charge in [0.15, 0.2) is 0 Å². The molecule has 0 radical (unpaired) electrons. The highest BCUT2D eigenvalue weighted by Crippen LogP contribution is 2.35. The summed E-state index contributed by atoms with van der Waals surface area (Å²) in [6, 6.07) is 17.7. The molecule has 0 aliphatic carbocycles. The lowest BCUT2D eigenvalue weighted by Crippen LogP contribution is -2.37. The van der Waals surface area contributed by atoms with E-state index in [0.717, 1.165) is 32.8 Å². The summed E-state index contributed by atoms with van der Waals surface area (Å²) in [7, 11) is 0. The highest BCUT2D eigenvalue weighted by molar-refractivity contribution is 7.19. The number of amides is 1. The highest BCUT2D eigenvalue weighted by atomic mass is 32.1. The van der Waals surface area contributed by atoms with Gasteiger partial charge in [0.1, 0.15) is 11.4 Å². The van der Waals surface area contributed by atoms with Gasteiger partial charge in [-0.1, -0.05) is 36.4 Å². The van der Waals surface area contributed by atoms with Gasteiger partial charge in [-0.3, -0.25) is 14.2 Å². The summed E-state index contributed by atoms with van der Waals surface area (Å²) in [4.78, 5) is 34.5. The van der Waals surface area contributed by atoms with Crippen LogP contribution in [-0.4, -0.2) is 22.0 Å². The van der Waals surface area contributed by atoms with Gasteiger partial charge in [-0.2, -0.15) is 5.26 Å². The smallest absolute Gasteiger partial charge is 0.263 e. The Balaban J connectivity index is 1.74. The lowest BCUT2D eigenvalue weighted by molar-refractivity contribution is -0.119. The number of carbonyl (C=O) groups excluding carboxylic acids is 1. The molecule has 0 fully saturated rings. The maximum Gasteiger partial charge on any atom is 0.263 e. The largest absolute Gasteiger partial charge is 0.310 e. The normalized spacial score (nSPS) is 10.8. The number of nitriles is 1. The average molecular weight is 457 g/mol. The van der Waals surface area contributed by atoms with Crippen LogP contribution in [0.15, 0.2) is 59.7 Å². The Hall–Kier alpha value is -3.76. The summed E-state index contributed by atoms with van der Waals surface area (Å²) in [5.74, 6) is -0.258. The number of carbonyl (C=O) groups is 1. The van der Waals surface area contributed by atoms with Crippen LogP contribution in [0.3, 0.4) is 0 Å². The third kappa shape index (κ3) is 4.57. The molecule has 4 rings (SSSR count). The minimum Gasteiger partial charge on any atom is -0.310 e. The highest BCUT2D eigenvalue weighted by Gasteiger charge is 2.21. The van der Waals surface area contributed by atoms with Crippen LogP contribution in [0.5, 0.6) is 0 Å². The molecule has 0 saturated carbocycles. The molecule has 0 bridgehead atoms. The lowest BCUT2D eigenvalue weighted by Gasteiger charge is -2.23. The van der Waals surface area contributed by atoms with E-state index in [9.17, 15) is 9.59 Å². The number of fused-ring (bicyclic) bond motifs is 1. The van der Waals surface area contributed by atoms with Gasteiger partial charge in [-0.25, -0.2) is 4.98 Å². The second kappa shape index (κ2) is 9.39.